The van der Waals surface area contributed by atoms with Gasteiger partial charge < -0.3 is 9.47 Å². The number of hydrogen-bond donors (Lipinski definition) is 0. The van der Waals surface area contributed by atoms with Crippen LogP contribution in [0.25, 0.3) is 0 Å². The third-order valence-corrected chi connectivity index (χ3v) is 11.9. The molecule has 1 aliphatic heterocycles. The molecule has 30 heavy (non-hydrogen) atoms. The van der Waals surface area contributed by atoms with Gasteiger partial charge in [-0.05, 0) is 111 Å². The molecular formula is C26H34O4. The van der Waals surface area contributed by atoms with E-state index >= 15 is 0 Å². The van der Waals surface area contributed by atoms with Gasteiger partial charge in [0, 0.05) is 24.7 Å². The van der Waals surface area contributed by atoms with Gasteiger partial charge in [-0.1, -0.05) is 0 Å². The van der Waals surface area contributed by atoms with Gasteiger partial charge in [0.15, 0.2) is 0 Å². The minimum atomic E-state index is -0.0226. The zero-order chi connectivity index (χ0) is 19.7. The summed E-state index contributed by atoms with van der Waals surface area (Å²) in [6, 6.07) is 0. The third kappa shape index (κ3) is 1.97. The molecule has 8 aliphatic rings. The van der Waals surface area contributed by atoms with Crippen molar-refractivity contribution in [3.63, 3.8) is 0 Å². The maximum atomic E-state index is 12.5. The fraction of sp³-hybridized carbons (Fsp3) is 0.923. The van der Waals surface area contributed by atoms with Crippen LogP contribution in [0.1, 0.15) is 64.2 Å². The second kappa shape index (κ2) is 5.84. The van der Waals surface area contributed by atoms with Crippen molar-refractivity contribution < 1.29 is 19.1 Å². The van der Waals surface area contributed by atoms with Crippen molar-refractivity contribution in [3.8, 4) is 0 Å². The average molecular weight is 411 g/mol. The summed E-state index contributed by atoms with van der Waals surface area (Å²) in [6.45, 7) is 0. The standard InChI is InChI=1S/C26H34O4/c27-19-3-1-2-4-20(28)30-18-8-6-12-14-10-16(22(12)18)26-24(14)23-13-9-15(25(23)26)21-11(13)5-7-17(21)29-19/h11-18,21-26H,1-10H2/t11-,12+,13-,14+,15+,16-,17-,18+,21-,22+,23+,24-,25+,26-. The Morgan fingerprint density at radius 2 is 0.933 bits per heavy atom. The molecule has 0 radical (unpaired) electrons. The van der Waals surface area contributed by atoms with Crippen LogP contribution in [0.3, 0.4) is 0 Å². The molecule has 0 N–H and O–H groups in total. The lowest BCUT2D eigenvalue weighted by Gasteiger charge is -2.61. The first-order valence-corrected chi connectivity index (χ1v) is 13.1. The monoisotopic (exact) mass is 410 g/mol. The van der Waals surface area contributed by atoms with Crippen molar-refractivity contribution in [2.45, 2.75) is 76.4 Å². The smallest absolute Gasteiger partial charge is 0.306 e. The molecule has 1 saturated heterocycles. The second-order valence-electron chi connectivity index (χ2n) is 12.3. The highest BCUT2D eigenvalue weighted by molar-refractivity contribution is 5.71. The SMILES string of the molecule is O=C1CCCCC(=O)O[C@@H]2CC[C@@H]3[C@H]4C[C@H]([C@H]5[C@@H]4[C@H]4[C@H]6C[C@@H]([C@@H]54)[C@@H]4[C@H]6CC[C@@H]4O1)[C@@H]32. The Kier molecular flexibility index (Phi) is 3.40. The lowest BCUT2D eigenvalue weighted by Crippen LogP contribution is -2.59. The molecular weight excluding hydrogens is 376 g/mol. The van der Waals surface area contributed by atoms with E-state index in [4.69, 9.17) is 9.47 Å². The van der Waals surface area contributed by atoms with Crippen molar-refractivity contribution in [2.24, 2.45) is 71.0 Å². The van der Waals surface area contributed by atoms with E-state index in [1.807, 2.05) is 0 Å². The Bertz CT molecular complexity index is 741. The van der Waals surface area contributed by atoms with Crippen LogP contribution < -0.4 is 0 Å². The van der Waals surface area contributed by atoms with Crippen molar-refractivity contribution in [2.75, 3.05) is 0 Å². The summed E-state index contributed by atoms with van der Waals surface area (Å²) in [7, 11) is 0. The summed E-state index contributed by atoms with van der Waals surface area (Å²) in [5.41, 5.74) is 0. The summed E-state index contributed by atoms with van der Waals surface area (Å²) < 4.78 is 12.2. The Labute approximate surface area is 178 Å². The highest BCUT2D eigenvalue weighted by Crippen LogP contribution is 2.81. The maximum absolute atomic E-state index is 12.5. The van der Waals surface area contributed by atoms with Crippen molar-refractivity contribution >= 4 is 11.9 Å². The van der Waals surface area contributed by atoms with Gasteiger partial charge >= 0.3 is 11.9 Å². The summed E-state index contributed by atoms with van der Waals surface area (Å²) in [6.07, 6.45) is 10.5. The Balaban J connectivity index is 1.15. The van der Waals surface area contributed by atoms with Crippen LogP contribution in [0.4, 0.5) is 0 Å². The van der Waals surface area contributed by atoms with Crippen molar-refractivity contribution in [3.05, 3.63) is 0 Å². The lowest BCUT2D eigenvalue weighted by atomic mass is 9.43. The van der Waals surface area contributed by atoms with Crippen LogP contribution in [0.15, 0.2) is 0 Å². The minimum absolute atomic E-state index is 0.0226. The Morgan fingerprint density at radius 3 is 1.40 bits per heavy atom. The molecule has 0 unspecified atom stereocenters. The van der Waals surface area contributed by atoms with Crippen molar-refractivity contribution in [1.82, 2.24) is 0 Å². The van der Waals surface area contributed by atoms with Gasteiger partial charge in [-0.25, -0.2) is 0 Å². The number of fused-ring (bicyclic) bond motifs is 7. The number of carbonyl (C=O) groups is 2. The zero-order valence-corrected chi connectivity index (χ0v) is 17.8. The quantitative estimate of drug-likeness (QED) is 0.561. The van der Waals surface area contributed by atoms with E-state index in [0.717, 1.165) is 84.9 Å². The van der Waals surface area contributed by atoms with E-state index in [0.29, 0.717) is 24.7 Å². The average Bonchev–Trinajstić information content (AvgIpc) is 3.48. The summed E-state index contributed by atoms with van der Waals surface area (Å²) in [4.78, 5) is 25.1. The first-order chi connectivity index (χ1) is 14.7. The van der Waals surface area contributed by atoms with Crippen LogP contribution in [-0.2, 0) is 19.1 Å². The van der Waals surface area contributed by atoms with Gasteiger partial charge in [-0.3, -0.25) is 9.59 Å². The molecule has 0 spiro atoms. The number of rotatable bonds is 0. The number of esters is 2. The third-order valence-electron chi connectivity index (χ3n) is 11.9. The summed E-state index contributed by atoms with van der Waals surface area (Å²) in [5.74, 6) is 10.3. The predicted octanol–water partition coefficient (Wildman–Crippen LogP) is 4.21. The number of hydrogen-bond acceptors (Lipinski definition) is 4. The summed E-state index contributed by atoms with van der Waals surface area (Å²) in [5, 5.41) is 0. The molecule has 14 atom stereocenters. The molecule has 1 heterocycles. The maximum Gasteiger partial charge on any atom is 0.306 e. The fourth-order valence-corrected chi connectivity index (χ4v) is 11.7. The number of carbonyl (C=O) groups excluding carboxylic acids is 2. The fourth-order valence-electron chi connectivity index (χ4n) is 11.7. The van der Waals surface area contributed by atoms with Crippen LogP contribution in [0.2, 0.25) is 0 Å². The van der Waals surface area contributed by atoms with Gasteiger partial charge in [-0.15, -0.1) is 0 Å². The van der Waals surface area contributed by atoms with Gasteiger partial charge in [0.25, 0.3) is 0 Å². The Hall–Kier alpha value is -1.06. The normalized spacial score (nSPS) is 62.0. The van der Waals surface area contributed by atoms with E-state index in [1.54, 1.807) is 0 Å². The van der Waals surface area contributed by atoms with E-state index < -0.39 is 0 Å². The second-order valence-corrected chi connectivity index (χ2v) is 12.3. The molecule has 0 aromatic rings. The molecule has 8 fully saturated rings. The predicted molar refractivity (Wildman–Crippen MR) is 108 cm³/mol. The topological polar surface area (TPSA) is 52.6 Å². The molecule has 8 rings (SSSR count). The van der Waals surface area contributed by atoms with Gasteiger partial charge in [0.1, 0.15) is 12.2 Å². The number of ether oxygens (including phenoxy) is 2. The van der Waals surface area contributed by atoms with E-state index in [1.165, 1.54) is 25.7 Å². The molecule has 4 nitrogen and oxygen atoms in total. The molecule has 7 saturated carbocycles. The lowest BCUT2D eigenvalue weighted by molar-refractivity contribution is -0.174. The van der Waals surface area contributed by atoms with Crippen LogP contribution >= 0.6 is 0 Å². The van der Waals surface area contributed by atoms with Gasteiger partial charge in [0.2, 0.25) is 0 Å². The van der Waals surface area contributed by atoms with Crippen LogP contribution in [0, 0.1) is 71.0 Å². The van der Waals surface area contributed by atoms with E-state index in [-0.39, 0.29) is 24.1 Å². The molecule has 0 aromatic heterocycles. The minimum Gasteiger partial charge on any atom is -0.462 e. The van der Waals surface area contributed by atoms with Crippen LogP contribution in [0.5, 0.6) is 0 Å². The largest absolute Gasteiger partial charge is 0.462 e. The highest BCUT2D eigenvalue weighted by atomic mass is 16.5. The van der Waals surface area contributed by atoms with E-state index in [9.17, 15) is 9.59 Å². The molecule has 0 aromatic carbocycles. The Morgan fingerprint density at radius 1 is 0.500 bits per heavy atom. The molecule has 162 valence electrons. The van der Waals surface area contributed by atoms with Gasteiger partial charge in [0.05, 0.1) is 0 Å². The van der Waals surface area contributed by atoms with E-state index in [2.05, 4.69) is 0 Å². The molecule has 7 aliphatic carbocycles. The van der Waals surface area contributed by atoms with Crippen molar-refractivity contribution in [1.29, 1.82) is 0 Å². The molecule has 4 bridgehead atoms. The molecule has 0 amide bonds. The zero-order valence-electron chi connectivity index (χ0n) is 17.8. The first-order valence-electron chi connectivity index (χ1n) is 13.1. The van der Waals surface area contributed by atoms with Crippen LogP contribution in [-0.4, -0.2) is 24.1 Å². The first kappa shape index (κ1) is 17.5. The van der Waals surface area contributed by atoms with Gasteiger partial charge in [-0.2, -0.15) is 0 Å². The summed E-state index contributed by atoms with van der Waals surface area (Å²) >= 11 is 0. The molecule has 4 heteroatoms. The highest BCUT2D eigenvalue weighted by Gasteiger charge is 2.78.